The molecule has 10 N–H and O–H groups in total. The quantitative estimate of drug-likeness (QED) is 0.0231. The van der Waals surface area contributed by atoms with E-state index < -0.39 is 11.9 Å². The van der Waals surface area contributed by atoms with Crippen molar-refractivity contribution in [3.8, 4) is 34.5 Å². The molecule has 0 saturated carbocycles. The van der Waals surface area contributed by atoms with Crippen LogP contribution in [0.5, 0.6) is 34.5 Å². The summed E-state index contributed by atoms with van der Waals surface area (Å²) in [5, 5.41) is 48.2. The molecule has 0 aliphatic carbocycles. The van der Waals surface area contributed by atoms with Crippen molar-refractivity contribution in [2.45, 2.75) is 162 Å². The number of phenols is 3. The van der Waals surface area contributed by atoms with Crippen LogP contribution in [0.25, 0.3) is 22.2 Å². The Kier molecular flexibility index (Phi) is 42.1. The highest BCUT2D eigenvalue weighted by Crippen LogP contribution is 2.36. The van der Waals surface area contributed by atoms with E-state index in [4.69, 9.17) is 49.5 Å². The van der Waals surface area contributed by atoms with Crippen LogP contribution in [0.15, 0.2) is 270 Å². The molecule has 114 heavy (non-hydrogen) atoms. The number of aliphatic carboxylic acids is 2. The van der Waals surface area contributed by atoms with Crippen molar-refractivity contribution in [1.29, 1.82) is 0 Å². The fourth-order valence-electron chi connectivity index (χ4n) is 11.5. The van der Waals surface area contributed by atoms with Crippen molar-refractivity contribution in [2.75, 3.05) is 16.8 Å². The molecule has 0 radical (unpaired) electrons. The summed E-state index contributed by atoms with van der Waals surface area (Å²) < 4.78 is 29.7. The fraction of sp³-hybridized carbons (Fsp3) is 0.253. The van der Waals surface area contributed by atoms with Gasteiger partial charge in [-0.1, -0.05) is 247 Å². The van der Waals surface area contributed by atoms with E-state index in [2.05, 4.69) is 59.5 Å². The summed E-state index contributed by atoms with van der Waals surface area (Å²) in [5.41, 5.74) is 26.5. The molecule has 1 amide bonds. The minimum Gasteiger partial charge on any atom is -0.508 e. The predicted octanol–water partition coefficient (Wildman–Crippen LogP) is 23.5. The SMILES string of the molecule is C.C.C.C.C.CC(=O)O.CC(Cc1nc2ccccc2o1)c1ccc(O)cc1O.Cc1ccc(C(C)CC(=O)Nc2ccccc2O)c(OCc2ccccc2)c1.Cc1ccc(C(C)CC(=O)O)c(OCc2ccccc2)c1.Cc1ccc(C(C)Cc2nc3ccccc3o2)c(OCc2ccccc2)c1.F.Nc1ccccc1N. The minimum absolute atomic E-state index is 0. The number of nitrogens with two attached hydrogens (primary N) is 2. The molecule has 0 saturated heterocycles. The first-order chi connectivity index (χ1) is 51.9. The van der Waals surface area contributed by atoms with Crippen LogP contribution in [-0.2, 0) is 47.0 Å². The van der Waals surface area contributed by atoms with Crippen molar-refractivity contribution in [1.82, 2.24) is 9.97 Å². The maximum Gasteiger partial charge on any atom is 0.303 e. The maximum atomic E-state index is 12.4. The molecule has 0 fully saturated rings. The van der Waals surface area contributed by atoms with E-state index >= 15 is 0 Å². The van der Waals surface area contributed by atoms with Crippen LogP contribution >= 0.6 is 0 Å². The van der Waals surface area contributed by atoms with Gasteiger partial charge in [0.05, 0.1) is 23.5 Å². The summed E-state index contributed by atoms with van der Waals surface area (Å²) in [4.78, 5) is 41.4. The molecule has 0 bridgehead atoms. The van der Waals surface area contributed by atoms with Crippen LogP contribution in [0.4, 0.5) is 21.8 Å². The van der Waals surface area contributed by atoms with Gasteiger partial charge in [-0.15, -0.1) is 0 Å². The number of aromatic hydroxyl groups is 3. The number of halogens is 1. The van der Waals surface area contributed by atoms with E-state index in [-0.39, 0.29) is 95.1 Å². The Hall–Kier alpha value is -12.9. The topological polar surface area (TPSA) is 296 Å². The second kappa shape index (κ2) is 49.4. The van der Waals surface area contributed by atoms with Crippen molar-refractivity contribution in [3.05, 3.63) is 328 Å². The van der Waals surface area contributed by atoms with Gasteiger partial charge in [0.2, 0.25) is 5.91 Å². The third-order valence-electron chi connectivity index (χ3n) is 17.1. The fourth-order valence-corrected chi connectivity index (χ4v) is 11.5. The van der Waals surface area contributed by atoms with E-state index in [9.17, 15) is 24.9 Å². The van der Waals surface area contributed by atoms with E-state index in [0.29, 0.717) is 55.6 Å². The number of hydrogen-bond acceptors (Lipinski definition) is 15. The molecule has 11 aromatic carbocycles. The number of para-hydroxylation sites is 8. The van der Waals surface area contributed by atoms with Crippen LogP contribution in [0, 0.1) is 20.8 Å². The monoisotopic (exact) mass is 1550 g/mol. The second-order valence-corrected chi connectivity index (χ2v) is 26.4. The first kappa shape index (κ1) is 97.2. The highest BCUT2D eigenvalue weighted by atomic mass is 19.0. The van der Waals surface area contributed by atoms with Gasteiger partial charge in [0.1, 0.15) is 65.4 Å². The first-order valence-electron chi connectivity index (χ1n) is 35.6. The number of nitrogen functional groups attached to an aromatic ring is 2. The van der Waals surface area contributed by atoms with Crippen LogP contribution in [-0.4, -0.2) is 53.3 Å². The number of carboxylic acid groups (broad SMARTS) is 2. The summed E-state index contributed by atoms with van der Waals surface area (Å²) in [7, 11) is 0. The van der Waals surface area contributed by atoms with Gasteiger partial charge in [-0.3, -0.25) is 19.1 Å². The summed E-state index contributed by atoms with van der Waals surface area (Å²) in [6, 6.07) is 82.7. The van der Waals surface area contributed by atoms with Gasteiger partial charge in [-0.05, 0) is 173 Å². The van der Waals surface area contributed by atoms with Gasteiger partial charge in [0.25, 0.3) is 5.97 Å². The number of oxazole rings is 2. The van der Waals surface area contributed by atoms with Crippen LogP contribution < -0.4 is 31.0 Å². The molecule has 2 heterocycles. The average molecular weight is 1550 g/mol. The average Bonchev–Trinajstić information content (AvgIpc) is 1.47. The number of anilines is 3. The number of benzene rings is 11. The van der Waals surface area contributed by atoms with E-state index in [0.717, 1.165) is 103 Å². The number of aryl methyl sites for hydroxylation is 3. The van der Waals surface area contributed by atoms with Crippen molar-refractivity contribution < 1.29 is 67.7 Å². The minimum atomic E-state index is -0.833. The number of nitrogens with zero attached hydrogens (tertiary/aromatic N) is 2. The molecule has 4 unspecified atom stereocenters. The van der Waals surface area contributed by atoms with E-state index in [1.54, 1.807) is 48.5 Å². The van der Waals surface area contributed by atoms with Gasteiger partial charge < -0.3 is 65.4 Å². The zero-order chi connectivity index (χ0) is 77.5. The summed E-state index contributed by atoms with van der Waals surface area (Å²) in [5.74, 6) is 2.52. The number of amides is 1. The number of phenolic OH excluding ortho intramolecular Hbond substituents is 3. The molecule has 13 rings (SSSR count). The molecule has 18 nitrogen and oxygen atoms in total. The summed E-state index contributed by atoms with van der Waals surface area (Å²) in [6.07, 6.45) is 1.72. The van der Waals surface area contributed by atoms with E-state index in [1.807, 2.05) is 211 Å². The standard InChI is InChI=1S/C24H25NO3.C24H23NO2.C18H20O3.C16H15NO3.C6H8N2.C2H4O2.5CH4.FH/c1-17-12-13-20(23(14-17)28-16-19-8-4-3-5-9-19)18(2)15-24(27)25-21-10-6-7-11-22(21)26;1-17-12-13-20(23(14-17)26-16-19-8-4-3-5-9-19)18(2)15-24-25-21-10-6-7-11-22(21)27-24;1-13-8-9-16(14(2)11-18(19)20)17(10-13)21-12-15-6-4-3-5-7-15;1-10(12-7-6-11(18)9-14(12)19)8-16-17-13-4-2-3-5-15(13)20-16;7-5-3-1-2-4-6(5)8;1-2(3)4;;;;;;/h3-14,18,26H,15-16H2,1-2H3,(H,25,27);3-14,18H,15-16H2,1-2H3;3-10,14H,11-12H2,1-2H3,(H,19,20);2-7,9-10,18-19H,8H2,1H3;1-4H,7-8H2;1H3,(H,3,4);5*1H4;1H. The molecule has 0 spiro atoms. The van der Waals surface area contributed by atoms with Crippen molar-refractivity contribution in [3.63, 3.8) is 0 Å². The molecule has 0 aliphatic rings. The number of hydrogen-bond donors (Lipinski definition) is 8. The Morgan fingerprint density at radius 3 is 1.11 bits per heavy atom. The Bertz CT molecular complexity index is 4910. The van der Waals surface area contributed by atoms with E-state index in [1.165, 1.54) is 17.2 Å². The van der Waals surface area contributed by atoms with Gasteiger partial charge >= 0.3 is 5.97 Å². The number of carbonyl (C=O) groups excluding carboxylic acids is 1. The second-order valence-electron chi connectivity index (χ2n) is 26.4. The number of nitrogens with one attached hydrogen (secondary N) is 1. The number of ether oxygens (including phenoxy) is 3. The zero-order valence-electron chi connectivity index (χ0n) is 62.5. The van der Waals surface area contributed by atoms with Crippen molar-refractivity contribution >= 4 is 57.1 Å². The number of fused-ring (bicyclic) bond motifs is 2. The van der Waals surface area contributed by atoms with Gasteiger partial charge in [-0.25, -0.2) is 9.97 Å². The molecular formula is C95H116FN5O13. The highest BCUT2D eigenvalue weighted by Gasteiger charge is 2.21. The lowest BCUT2D eigenvalue weighted by molar-refractivity contribution is -0.137. The number of rotatable bonds is 22. The molecule has 606 valence electrons. The number of aromatic nitrogens is 2. The van der Waals surface area contributed by atoms with Crippen LogP contribution in [0.1, 0.15) is 176 Å². The molecule has 0 aliphatic heterocycles. The Morgan fingerprint density at radius 2 is 0.746 bits per heavy atom. The third-order valence-corrected chi connectivity index (χ3v) is 17.1. The lowest BCUT2D eigenvalue weighted by Gasteiger charge is -2.18. The number of carbonyl (C=O) groups is 3. The third kappa shape index (κ3) is 31.5. The van der Waals surface area contributed by atoms with Gasteiger partial charge in [-0.2, -0.15) is 0 Å². The largest absolute Gasteiger partial charge is 0.508 e. The Labute approximate surface area is 672 Å². The molecule has 4 atom stereocenters. The lowest BCUT2D eigenvalue weighted by Crippen LogP contribution is -2.15. The molecule has 19 heteroatoms. The smallest absolute Gasteiger partial charge is 0.303 e. The number of carboxylic acids is 2. The van der Waals surface area contributed by atoms with Crippen LogP contribution in [0.2, 0.25) is 0 Å². The normalized spacial score (nSPS) is 11.0. The predicted molar refractivity (Wildman–Crippen MR) is 463 cm³/mol. The van der Waals surface area contributed by atoms with Crippen molar-refractivity contribution in [2.24, 2.45) is 0 Å². The molecular weight excluding hydrogens is 1440 g/mol. The molecule has 2 aromatic heterocycles. The maximum absolute atomic E-state index is 12.4. The van der Waals surface area contributed by atoms with Crippen LogP contribution in [0.3, 0.4) is 0 Å². The summed E-state index contributed by atoms with van der Waals surface area (Å²) in [6.45, 7) is 16.8. The zero-order valence-corrected chi connectivity index (χ0v) is 62.5. The first-order valence-corrected chi connectivity index (χ1v) is 35.6. The Morgan fingerprint density at radius 1 is 0.412 bits per heavy atom. The Balaban J connectivity index is 0.000000486. The lowest BCUT2D eigenvalue weighted by atomic mass is 9.95. The highest BCUT2D eigenvalue weighted by molar-refractivity contribution is 5.92. The van der Waals surface area contributed by atoms with Gasteiger partial charge in [0, 0.05) is 32.3 Å². The summed E-state index contributed by atoms with van der Waals surface area (Å²) >= 11 is 0. The van der Waals surface area contributed by atoms with Gasteiger partial charge in [0.15, 0.2) is 22.9 Å². The molecule has 13 aromatic rings.